The van der Waals surface area contributed by atoms with Gasteiger partial charge in [0.25, 0.3) is 0 Å². The number of carbonyl (C=O) groups is 2. The van der Waals surface area contributed by atoms with Crippen molar-refractivity contribution >= 4 is 11.9 Å². The fraction of sp³-hybridized carbons (Fsp3) is 0.435. The Morgan fingerprint density at radius 1 is 1.12 bits per heavy atom. The van der Waals surface area contributed by atoms with Gasteiger partial charge < -0.3 is 19.5 Å². The minimum absolute atomic E-state index is 0.0538. The molecule has 7 nitrogen and oxygen atoms in total. The van der Waals surface area contributed by atoms with E-state index in [0.717, 1.165) is 18.4 Å². The molecule has 0 radical (unpaired) electrons. The van der Waals surface area contributed by atoms with Gasteiger partial charge in [-0.2, -0.15) is 13.2 Å². The molecular formula is C23H27F3N2O5. The molecule has 33 heavy (non-hydrogen) atoms. The van der Waals surface area contributed by atoms with Gasteiger partial charge in [-0.05, 0) is 36.1 Å². The molecule has 0 spiro atoms. The maximum Gasteiger partial charge on any atom is 0.490 e. The van der Waals surface area contributed by atoms with E-state index in [1.807, 2.05) is 23.1 Å². The number of aromatic nitrogens is 1. The van der Waals surface area contributed by atoms with E-state index in [-0.39, 0.29) is 24.5 Å². The van der Waals surface area contributed by atoms with Gasteiger partial charge in [-0.15, -0.1) is 0 Å². The third-order valence-corrected chi connectivity index (χ3v) is 5.08. The zero-order chi connectivity index (χ0) is 24.3. The quantitative estimate of drug-likeness (QED) is 0.671. The summed E-state index contributed by atoms with van der Waals surface area (Å²) < 4.78 is 43.0. The van der Waals surface area contributed by atoms with Crippen molar-refractivity contribution in [3.8, 4) is 0 Å². The van der Waals surface area contributed by atoms with Crippen molar-refractivity contribution in [1.29, 1.82) is 0 Å². The number of methoxy groups -OCH3 is 1. The minimum Gasteiger partial charge on any atom is -0.475 e. The van der Waals surface area contributed by atoms with Crippen molar-refractivity contribution in [2.24, 2.45) is 5.92 Å². The van der Waals surface area contributed by atoms with E-state index in [4.69, 9.17) is 19.4 Å². The Bertz CT molecular complexity index is 865. The van der Waals surface area contributed by atoms with Crippen molar-refractivity contribution in [2.75, 3.05) is 26.8 Å². The average molecular weight is 468 g/mol. The van der Waals surface area contributed by atoms with Crippen LogP contribution in [0.15, 0.2) is 54.9 Å². The Kier molecular flexibility index (Phi) is 10.3. The molecule has 1 N–H and O–H groups in total. The van der Waals surface area contributed by atoms with Crippen molar-refractivity contribution < 1.29 is 37.3 Å². The van der Waals surface area contributed by atoms with Gasteiger partial charge in [0.1, 0.15) is 6.61 Å². The Morgan fingerprint density at radius 3 is 2.33 bits per heavy atom. The molecule has 1 aromatic heterocycles. The number of hydrogen-bond acceptors (Lipinski definition) is 5. The second-order valence-corrected chi connectivity index (χ2v) is 7.52. The van der Waals surface area contributed by atoms with Crippen molar-refractivity contribution in [1.82, 2.24) is 9.88 Å². The summed E-state index contributed by atoms with van der Waals surface area (Å²) in [7, 11) is 1.56. The van der Waals surface area contributed by atoms with Crippen LogP contribution in [0.25, 0.3) is 0 Å². The number of nitrogens with zero attached hydrogens (tertiary/aromatic N) is 2. The van der Waals surface area contributed by atoms with Crippen LogP contribution in [-0.2, 0) is 32.1 Å². The number of piperidine rings is 1. The van der Waals surface area contributed by atoms with E-state index in [9.17, 15) is 18.0 Å². The number of carboxylic acid groups (broad SMARTS) is 1. The number of amides is 1. The van der Waals surface area contributed by atoms with E-state index in [1.165, 1.54) is 5.56 Å². The zero-order valence-corrected chi connectivity index (χ0v) is 18.2. The molecule has 1 aliphatic heterocycles. The summed E-state index contributed by atoms with van der Waals surface area (Å²) in [6.07, 6.45) is 0.365. The van der Waals surface area contributed by atoms with Gasteiger partial charge in [0.05, 0.1) is 12.7 Å². The van der Waals surface area contributed by atoms with Crippen molar-refractivity contribution in [3.05, 3.63) is 66.0 Å². The molecule has 1 amide bonds. The maximum absolute atomic E-state index is 12.2. The molecule has 0 saturated carbocycles. The average Bonchev–Trinajstić information content (AvgIpc) is 2.79. The first kappa shape index (κ1) is 26.3. The van der Waals surface area contributed by atoms with Crippen LogP contribution in [0.5, 0.6) is 0 Å². The Labute approximate surface area is 190 Å². The number of benzene rings is 1. The van der Waals surface area contributed by atoms with Crippen LogP contribution >= 0.6 is 0 Å². The third kappa shape index (κ3) is 9.19. The van der Waals surface area contributed by atoms with E-state index in [2.05, 4.69) is 29.2 Å². The molecule has 1 aromatic carbocycles. The lowest BCUT2D eigenvalue weighted by molar-refractivity contribution is -0.192. The summed E-state index contributed by atoms with van der Waals surface area (Å²) in [6, 6.07) is 14.4. The highest BCUT2D eigenvalue weighted by Crippen LogP contribution is 2.25. The molecule has 0 bridgehead atoms. The Balaban J connectivity index is 0.000000479. The van der Waals surface area contributed by atoms with E-state index in [1.54, 1.807) is 19.5 Å². The number of ether oxygens (including phenoxy) is 2. The number of halogens is 3. The highest BCUT2D eigenvalue weighted by molar-refractivity contribution is 5.77. The molecule has 180 valence electrons. The standard InChI is InChI=1S/C21H26N2O3.C2HF3O2/c1-25-16-21(24)23-12-9-20(26-15-18-7-10-22-11-8-18)19(14-23)13-17-5-3-2-4-6-17;3-2(4,5)1(6)7/h2-8,10-11,19-20H,9,12-16H2,1H3;(H,6,7)/t19-,20-;/m0./s1. The van der Waals surface area contributed by atoms with Crippen LogP contribution in [0.2, 0.25) is 0 Å². The SMILES string of the molecule is COCC(=O)N1CC[C@H](OCc2ccncc2)[C@@H](Cc2ccccc2)C1.O=C(O)C(F)(F)F. The summed E-state index contributed by atoms with van der Waals surface area (Å²) in [5, 5.41) is 7.12. The molecule has 1 aliphatic rings. The molecule has 10 heteroatoms. The van der Waals surface area contributed by atoms with Crippen LogP contribution in [0, 0.1) is 5.92 Å². The number of aliphatic carboxylic acids is 1. The molecular weight excluding hydrogens is 441 g/mol. The number of rotatable bonds is 7. The fourth-order valence-corrected chi connectivity index (χ4v) is 3.47. The molecule has 3 rings (SSSR count). The first-order chi connectivity index (χ1) is 15.7. The summed E-state index contributed by atoms with van der Waals surface area (Å²) in [5.41, 5.74) is 2.40. The first-order valence-electron chi connectivity index (χ1n) is 10.3. The zero-order valence-electron chi connectivity index (χ0n) is 18.2. The van der Waals surface area contributed by atoms with Crippen molar-refractivity contribution in [3.63, 3.8) is 0 Å². The number of pyridine rings is 1. The molecule has 1 saturated heterocycles. The summed E-state index contributed by atoms with van der Waals surface area (Å²) in [6.45, 7) is 2.14. The lowest BCUT2D eigenvalue weighted by Gasteiger charge is -2.38. The molecule has 1 fully saturated rings. The summed E-state index contributed by atoms with van der Waals surface area (Å²) in [5.74, 6) is -2.43. The van der Waals surface area contributed by atoms with E-state index < -0.39 is 12.1 Å². The predicted molar refractivity (Wildman–Crippen MR) is 113 cm³/mol. The van der Waals surface area contributed by atoms with Gasteiger partial charge in [0.15, 0.2) is 0 Å². The third-order valence-electron chi connectivity index (χ3n) is 5.08. The van der Waals surface area contributed by atoms with Crippen LogP contribution in [-0.4, -0.2) is 66.0 Å². The first-order valence-corrected chi connectivity index (χ1v) is 10.3. The van der Waals surface area contributed by atoms with Gasteiger partial charge >= 0.3 is 12.1 Å². The molecule has 2 atom stereocenters. The van der Waals surface area contributed by atoms with Crippen molar-refractivity contribution in [2.45, 2.75) is 31.7 Å². The number of carboxylic acids is 1. The van der Waals surface area contributed by atoms with Gasteiger partial charge in [0, 0.05) is 38.5 Å². The van der Waals surface area contributed by atoms with Crippen LogP contribution in [0.3, 0.4) is 0 Å². The highest BCUT2D eigenvalue weighted by Gasteiger charge is 2.38. The summed E-state index contributed by atoms with van der Waals surface area (Å²) >= 11 is 0. The smallest absolute Gasteiger partial charge is 0.475 e. The van der Waals surface area contributed by atoms with Gasteiger partial charge in [0.2, 0.25) is 5.91 Å². The number of carbonyl (C=O) groups excluding carboxylic acids is 1. The monoisotopic (exact) mass is 468 g/mol. The molecule has 2 aromatic rings. The molecule has 2 heterocycles. The largest absolute Gasteiger partial charge is 0.490 e. The van der Waals surface area contributed by atoms with Gasteiger partial charge in [-0.3, -0.25) is 9.78 Å². The molecule has 0 aliphatic carbocycles. The topological polar surface area (TPSA) is 89.0 Å². The number of likely N-dealkylation sites (tertiary alicyclic amines) is 1. The number of alkyl halides is 3. The highest BCUT2D eigenvalue weighted by atomic mass is 19.4. The molecule has 0 unspecified atom stereocenters. The lowest BCUT2D eigenvalue weighted by atomic mass is 9.88. The maximum atomic E-state index is 12.2. The fourth-order valence-electron chi connectivity index (χ4n) is 3.47. The van der Waals surface area contributed by atoms with Crippen LogP contribution in [0.1, 0.15) is 17.5 Å². The summed E-state index contributed by atoms with van der Waals surface area (Å²) in [4.78, 5) is 27.1. The van der Waals surface area contributed by atoms with Crippen LogP contribution in [0.4, 0.5) is 13.2 Å². The van der Waals surface area contributed by atoms with Crippen LogP contribution < -0.4 is 0 Å². The predicted octanol–water partition coefficient (Wildman–Crippen LogP) is 3.34. The second kappa shape index (κ2) is 12.9. The van der Waals surface area contributed by atoms with E-state index >= 15 is 0 Å². The second-order valence-electron chi connectivity index (χ2n) is 7.52. The minimum atomic E-state index is -5.08. The van der Waals surface area contributed by atoms with Gasteiger partial charge in [-0.25, -0.2) is 4.79 Å². The van der Waals surface area contributed by atoms with E-state index in [0.29, 0.717) is 19.7 Å². The normalized spacial score (nSPS) is 18.2. The Morgan fingerprint density at radius 2 is 1.76 bits per heavy atom. The number of hydrogen-bond donors (Lipinski definition) is 1. The lowest BCUT2D eigenvalue weighted by Crippen LogP contribution is -2.48. The van der Waals surface area contributed by atoms with Gasteiger partial charge in [-0.1, -0.05) is 30.3 Å². The Hall–Kier alpha value is -2.98.